The average molecular weight is 867 g/mol. The molecule has 4 aromatic heterocycles. The van der Waals surface area contributed by atoms with Gasteiger partial charge in [-0.3, -0.25) is 68.1 Å². The van der Waals surface area contributed by atoms with Crippen LogP contribution in [0.1, 0.15) is 22.8 Å². The summed E-state index contributed by atoms with van der Waals surface area (Å²) in [6, 6.07) is 22.0. The Balaban J connectivity index is 1.29. The fraction of sp³-hybridized carbons (Fsp3) is 0.450. The molecule has 5 heterocycles. The van der Waals surface area contributed by atoms with Crippen LogP contribution >= 0.6 is 14.7 Å². The maximum Gasteiger partial charge on any atom is 0.317 e. The molecule has 0 aromatic carbocycles. The number of nitrogens with zero attached hydrogens (tertiary/aromatic N) is 10. The molecule has 0 aliphatic carbocycles. The van der Waals surface area contributed by atoms with E-state index in [1.54, 1.807) is 68.7 Å². The Morgan fingerprint density at radius 3 is 0.983 bits per heavy atom. The summed E-state index contributed by atoms with van der Waals surface area (Å²) >= 11 is 0. The van der Waals surface area contributed by atoms with E-state index in [9.17, 15) is 38.7 Å². The van der Waals surface area contributed by atoms with Crippen LogP contribution in [0.25, 0.3) is 0 Å². The second-order valence-electron chi connectivity index (χ2n) is 15.1. The summed E-state index contributed by atoms with van der Waals surface area (Å²) in [5, 5.41) is 19.7. The number of hydrogen-bond donors (Lipinski definition) is 4. The zero-order valence-electron chi connectivity index (χ0n) is 33.8. The van der Waals surface area contributed by atoms with Gasteiger partial charge in [0.15, 0.2) is 0 Å². The summed E-state index contributed by atoms with van der Waals surface area (Å²) in [6.45, 7) is 2.46. The van der Waals surface area contributed by atoms with Gasteiger partial charge in [-0.15, -0.1) is 0 Å². The van der Waals surface area contributed by atoms with E-state index >= 15 is 0 Å². The summed E-state index contributed by atoms with van der Waals surface area (Å²) in [5.74, 6) is -2.10. The van der Waals surface area contributed by atoms with Crippen molar-refractivity contribution in [2.75, 3.05) is 90.6 Å². The van der Waals surface area contributed by atoms with E-state index < -0.39 is 26.7 Å². The molecule has 4 aromatic rings. The van der Waals surface area contributed by atoms with Crippen molar-refractivity contribution in [3.8, 4) is 0 Å². The molecule has 0 amide bonds. The fourth-order valence-electron chi connectivity index (χ4n) is 7.09. The van der Waals surface area contributed by atoms with Gasteiger partial charge in [0.25, 0.3) is 0 Å². The van der Waals surface area contributed by atoms with Gasteiger partial charge in [0.1, 0.15) is 0 Å². The lowest BCUT2D eigenvalue weighted by atomic mass is 10.3. The van der Waals surface area contributed by atoms with Crippen molar-refractivity contribution >= 4 is 26.7 Å². The predicted octanol–water partition coefficient (Wildman–Crippen LogP) is 2.73. The number of aliphatic carboxylic acids is 2. The summed E-state index contributed by atoms with van der Waals surface area (Å²) in [5.41, 5.74) is 2.91. The third kappa shape index (κ3) is 17.7. The molecule has 60 heavy (non-hydrogen) atoms. The Morgan fingerprint density at radius 2 is 0.750 bits per heavy atom. The van der Waals surface area contributed by atoms with Gasteiger partial charge in [0.05, 0.1) is 61.0 Å². The number of hydrogen-bond acceptors (Lipinski definition) is 14. The number of rotatable bonds is 20. The van der Waals surface area contributed by atoms with Crippen LogP contribution in [0.15, 0.2) is 97.6 Å². The molecule has 4 N–H and O–H groups in total. The van der Waals surface area contributed by atoms with Crippen molar-refractivity contribution in [3.05, 3.63) is 120 Å². The van der Waals surface area contributed by atoms with Gasteiger partial charge in [-0.25, -0.2) is 0 Å². The van der Waals surface area contributed by atoms with Crippen molar-refractivity contribution in [3.63, 3.8) is 0 Å². The fourth-order valence-corrected chi connectivity index (χ4v) is 10.7. The van der Waals surface area contributed by atoms with Crippen LogP contribution < -0.4 is 0 Å². The topological polar surface area (TPSA) is 220 Å². The standard InChI is InChI=1S/C40H56N10O8P2/c51-39(52)29-45-17-21-47(31-59(55,56)33-49(25-35-9-1-5-13-41-35)26-36-10-2-6-14-42-36)22-18-46(30-40(53)54)20-24-48(23-19-45)32-60(57,58)34-50(27-37-11-3-7-15-43-37)28-38-12-4-8-16-44-38/h1-16H,17-34H2,(H,51,52)(H,53,54)(H,55,56)(H,57,58). The SMILES string of the molecule is O=C(O)CN1CCN(CP(=O)(O)CN(Cc2ccccn2)Cc2ccccn2)CCN(CC(=O)O)CCN(CP(=O)(O)CN(Cc2ccccn2)Cc2ccccn2)CC1. The molecule has 1 aliphatic rings. The van der Waals surface area contributed by atoms with Crippen LogP contribution in [-0.4, -0.2) is 172 Å². The Bertz CT molecular complexity index is 1750. The average Bonchev–Trinajstić information content (AvgIpc) is 3.19. The predicted molar refractivity (Wildman–Crippen MR) is 226 cm³/mol. The number of carboxylic acid groups (broad SMARTS) is 2. The monoisotopic (exact) mass is 866 g/mol. The van der Waals surface area contributed by atoms with E-state index in [0.717, 1.165) is 22.8 Å². The van der Waals surface area contributed by atoms with E-state index in [-0.39, 0.29) is 90.6 Å². The second-order valence-corrected chi connectivity index (χ2v) is 19.6. The number of carbonyl (C=O) groups is 2. The maximum atomic E-state index is 14.1. The smallest absolute Gasteiger partial charge is 0.317 e. The Morgan fingerprint density at radius 1 is 0.483 bits per heavy atom. The highest BCUT2D eigenvalue weighted by atomic mass is 31.2. The van der Waals surface area contributed by atoms with Crippen LogP contribution in [0, 0.1) is 0 Å². The number of aromatic nitrogens is 4. The molecule has 2 atom stereocenters. The largest absolute Gasteiger partial charge is 0.480 e. The van der Waals surface area contributed by atoms with Crippen LogP contribution in [0.5, 0.6) is 0 Å². The first kappa shape index (κ1) is 46.7. The quantitative estimate of drug-likeness (QED) is 0.0939. The molecule has 1 saturated heterocycles. The maximum absolute atomic E-state index is 14.1. The molecule has 20 heteroatoms. The lowest BCUT2D eigenvalue weighted by molar-refractivity contribution is -0.139. The summed E-state index contributed by atoms with van der Waals surface area (Å²) in [6.07, 6.45) is 5.94. The lowest BCUT2D eigenvalue weighted by Crippen LogP contribution is -2.48. The van der Waals surface area contributed by atoms with Crippen LogP contribution in [-0.2, 0) is 44.9 Å². The first-order chi connectivity index (χ1) is 28.8. The minimum absolute atomic E-state index is 0.161. The Kier molecular flexibility index (Phi) is 18.4. The first-order valence-electron chi connectivity index (χ1n) is 19.8. The van der Waals surface area contributed by atoms with Gasteiger partial charge in [0.2, 0.25) is 14.7 Å². The van der Waals surface area contributed by atoms with Crippen LogP contribution in [0.3, 0.4) is 0 Å². The van der Waals surface area contributed by atoms with E-state index in [1.165, 1.54) is 0 Å². The molecule has 0 saturated carbocycles. The van der Waals surface area contributed by atoms with E-state index in [1.807, 2.05) is 58.3 Å². The Labute approximate surface area is 351 Å². The molecular weight excluding hydrogens is 810 g/mol. The zero-order valence-corrected chi connectivity index (χ0v) is 35.5. The minimum Gasteiger partial charge on any atom is -0.480 e. The molecule has 324 valence electrons. The summed E-state index contributed by atoms with van der Waals surface area (Å²) in [4.78, 5) is 75.4. The molecule has 5 rings (SSSR count). The third-order valence-electron chi connectivity index (χ3n) is 9.78. The van der Waals surface area contributed by atoms with Gasteiger partial charge >= 0.3 is 11.9 Å². The van der Waals surface area contributed by atoms with Crippen molar-refractivity contribution in [1.29, 1.82) is 0 Å². The third-order valence-corrected chi connectivity index (χ3v) is 13.1. The van der Waals surface area contributed by atoms with E-state index in [2.05, 4.69) is 19.9 Å². The minimum atomic E-state index is -3.91. The normalized spacial score (nSPS) is 17.7. The molecule has 1 fully saturated rings. The highest BCUT2D eigenvalue weighted by molar-refractivity contribution is 7.58. The molecule has 18 nitrogen and oxygen atoms in total. The van der Waals surface area contributed by atoms with Gasteiger partial charge < -0.3 is 20.0 Å². The van der Waals surface area contributed by atoms with Crippen molar-refractivity contribution < 1.29 is 38.7 Å². The molecular formula is C40H56N10O8P2. The molecule has 0 radical (unpaired) electrons. The lowest BCUT2D eigenvalue weighted by Gasteiger charge is -2.35. The number of pyridine rings is 4. The molecule has 0 bridgehead atoms. The highest BCUT2D eigenvalue weighted by Gasteiger charge is 2.30. The van der Waals surface area contributed by atoms with Gasteiger partial charge in [-0.05, 0) is 48.5 Å². The Hall–Kier alpha value is -4.32. The summed E-state index contributed by atoms with van der Waals surface area (Å²) in [7, 11) is -7.81. The molecule has 2 unspecified atom stereocenters. The summed E-state index contributed by atoms with van der Waals surface area (Å²) < 4.78 is 28.1. The van der Waals surface area contributed by atoms with Crippen molar-refractivity contribution in [2.45, 2.75) is 26.2 Å². The highest BCUT2D eigenvalue weighted by Crippen LogP contribution is 2.43. The van der Waals surface area contributed by atoms with Gasteiger partial charge in [-0.1, -0.05) is 24.3 Å². The zero-order chi connectivity index (χ0) is 42.8. The second kappa shape index (κ2) is 23.6. The number of carboxylic acids is 2. The first-order valence-corrected chi connectivity index (χ1v) is 23.8. The van der Waals surface area contributed by atoms with E-state index in [4.69, 9.17) is 0 Å². The van der Waals surface area contributed by atoms with Crippen molar-refractivity contribution in [2.24, 2.45) is 0 Å². The van der Waals surface area contributed by atoms with Gasteiger partial charge in [-0.2, -0.15) is 0 Å². The molecule has 1 aliphatic heterocycles. The van der Waals surface area contributed by atoms with Crippen LogP contribution in [0.4, 0.5) is 0 Å². The van der Waals surface area contributed by atoms with Crippen LogP contribution in [0.2, 0.25) is 0 Å². The van der Waals surface area contributed by atoms with Gasteiger partial charge in [0, 0.05) is 103 Å². The van der Waals surface area contributed by atoms with Crippen molar-refractivity contribution in [1.82, 2.24) is 49.3 Å². The van der Waals surface area contributed by atoms with E-state index in [0.29, 0.717) is 26.2 Å². The molecule has 0 spiro atoms.